The Hall–Kier alpha value is -2.61. The molecule has 8 heteroatoms. The number of para-hydroxylation sites is 1. The third-order valence-electron chi connectivity index (χ3n) is 5.49. The summed E-state index contributed by atoms with van der Waals surface area (Å²) in [6.07, 6.45) is 6.28. The SMILES string of the molecule is COc1cccc(CN2CCCC[C@@H]2CCn2cc(C(=O)NC(C)C)nn2)c1OC. The molecule has 1 amide bonds. The number of carbonyl (C=O) groups is 1. The number of nitrogens with one attached hydrogen (secondary N) is 1. The number of nitrogens with zero attached hydrogens (tertiary/aromatic N) is 4. The molecule has 164 valence electrons. The predicted octanol–water partition coefficient (Wildman–Crippen LogP) is 2.88. The molecule has 2 heterocycles. The Morgan fingerprint density at radius 3 is 2.83 bits per heavy atom. The molecule has 1 atom stereocenters. The number of piperidine rings is 1. The molecule has 0 saturated carbocycles. The van der Waals surface area contributed by atoms with Gasteiger partial charge < -0.3 is 14.8 Å². The standard InChI is InChI=1S/C22H33N5O3/c1-16(2)23-22(28)19-15-27(25-24-19)13-11-18-9-5-6-12-26(18)14-17-8-7-10-20(29-3)21(17)30-4/h7-8,10,15-16,18H,5-6,9,11-14H2,1-4H3,(H,23,28)/t18-/m1/s1. The Kier molecular flexibility index (Phi) is 7.68. The number of ether oxygens (including phenoxy) is 2. The van der Waals surface area contributed by atoms with Crippen molar-refractivity contribution in [2.24, 2.45) is 0 Å². The zero-order chi connectivity index (χ0) is 21.5. The molecule has 0 radical (unpaired) electrons. The summed E-state index contributed by atoms with van der Waals surface area (Å²) in [5.74, 6) is 1.39. The van der Waals surface area contributed by atoms with Crippen LogP contribution in [0.1, 0.15) is 55.6 Å². The molecule has 8 nitrogen and oxygen atoms in total. The van der Waals surface area contributed by atoms with E-state index in [1.165, 1.54) is 12.8 Å². The summed E-state index contributed by atoms with van der Waals surface area (Å²) in [5.41, 5.74) is 1.50. The summed E-state index contributed by atoms with van der Waals surface area (Å²) in [6.45, 7) is 6.47. The summed E-state index contributed by atoms with van der Waals surface area (Å²) in [4.78, 5) is 14.6. The van der Waals surface area contributed by atoms with Crippen LogP contribution in [0.2, 0.25) is 0 Å². The van der Waals surface area contributed by atoms with Crippen LogP contribution in [-0.4, -0.2) is 58.6 Å². The zero-order valence-corrected chi connectivity index (χ0v) is 18.4. The van der Waals surface area contributed by atoms with Crippen LogP contribution in [0, 0.1) is 0 Å². The van der Waals surface area contributed by atoms with E-state index in [-0.39, 0.29) is 11.9 Å². The lowest BCUT2D eigenvalue weighted by atomic mass is 9.98. The molecule has 30 heavy (non-hydrogen) atoms. The van der Waals surface area contributed by atoms with Crippen molar-refractivity contribution in [1.82, 2.24) is 25.2 Å². The van der Waals surface area contributed by atoms with Crippen LogP contribution in [0.5, 0.6) is 11.5 Å². The van der Waals surface area contributed by atoms with E-state index in [1.54, 1.807) is 25.1 Å². The number of carbonyl (C=O) groups excluding carboxylic acids is 1. The van der Waals surface area contributed by atoms with Crippen LogP contribution in [0.15, 0.2) is 24.4 Å². The molecule has 1 aromatic heterocycles. The Bertz CT molecular complexity index is 836. The van der Waals surface area contributed by atoms with Crippen LogP contribution in [-0.2, 0) is 13.1 Å². The molecule has 1 aliphatic heterocycles. The Morgan fingerprint density at radius 2 is 2.10 bits per heavy atom. The highest BCUT2D eigenvalue weighted by atomic mass is 16.5. The second-order valence-electron chi connectivity index (χ2n) is 8.06. The van der Waals surface area contributed by atoms with Gasteiger partial charge in [-0.15, -0.1) is 5.10 Å². The molecule has 0 aliphatic carbocycles. The molecule has 1 N–H and O–H groups in total. The first-order valence-electron chi connectivity index (χ1n) is 10.7. The minimum Gasteiger partial charge on any atom is -0.493 e. The van der Waals surface area contributed by atoms with Crippen molar-refractivity contribution in [2.45, 2.75) is 64.7 Å². The van der Waals surface area contributed by atoms with Gasteiger partial charge in [0, 0.05) is 30.7 Å². The quantitative estimate of drug-likeness (QED) is 0.678. The predicted molar refractivity (Wildman–Crippen MR) is 115 cm³/mol. The van der Waals surface area contributed by atoms with Crippen LogP contribution in [0.25, 0.3) is 0 Å². The topological polar surface area (TPSA) is 81.5 Å². The Labute approximate surface area is 178 Å². The monoisotopic (exact) mass is 415 g/mol. The van der Waals surface area contributed by atoms with Crippen LogP contribution in [0.3, 0.4) is 0 Å². The summed E-state index contributed by atoms with van der Waals surface area (Å²) in [6, 6.07) is 6.56. The zero-order valence-electron chi connectivity index (χ0n) is 18.4. The van der Waals surface area contributed by atoms with Crippen molar-refractivity contribution in [2.75, 3.05) is 20.8 Å². The van der Waals surface area contributed by atoms with E-state index in [2.05, 4.69) is 26.6 Å². The number of rotatable bonds is 9. The smallest absolute Gasteiger partial charge is 0.273 e. The number of benzene rings is 1. The van der Waals surface area contributed by atoms with E-state index in [4.69, 9.17) is 9.47 Å². The van der Waals surface area contributed by atoms with E-state index >= 15 is 0 Å². The fraction of sp³-hybridized carbons (Fsp3) is 0.591. The average Bonchev–Trinajstić information content (AvgIpc) is 3.21. The molecule has 1 aliphatic rings. The first-order chi connectivity index (χ1) is 14.5. The third kappa shape index (κ3) is 5.50. The Balaban J connectivity index is 1.63. The Morgan fingerprint density at radius 1 is 1.27 bits per heavy atom. The summed E-state index contributed by atoms with van der Waals surface area (Å²) < 4.78 is 12.8. The number of methoxy groups -OCH3 is 2. The largest absolute Gasteiger partial charge is 0.493 e. The second kappa shape index (κ2) is 10.4. The molecular formula is C22H33N5O3. The van der Waals surface area contributed by atoms with Crippen LogP contribution >= 0.6 is 0 Å². The number of hydrogen-bond donors (Lipinski definition) is 1. The molecule has 0 spiro atoms. The third-order valence-corrected chi connectivity index (χ3v) is 5.49. The van der Waals surface area contributed by atoms with Gasteiger partial charge in [0.05, 0.1) is 20.4 Å². The highest BCUT2D eigenvalue weighted by Crippen LogP contribution is 2.33. The van der Waals surface area contributed by atoms with Crippen molar-refractivity contribution in [3.8, 4) is 11.5 Å². The van der Waals surface area contributed by atoms with Gasteiger partial charge in [0.2, 0.25) is 0 Å². The van der Waals surface area contributed by atoms with E-state index < -0.39 is 0 Å². The lowest BCUT2D eigenvalue weighted by molar-refractivity contribution is 0.0938. The minimum atomic E-state index is -0.180. The maximum absolute atomic E-state index is 12.1. The maximum atomic E-state index is 12.1. The van der Waals surface area contributed by atoms with Gasteiger partial charge in [-0.05, 0) is 45.7 Å². The van der Waals surface area contributed by atoms with E-state index in [9.17, 15) is 4.79 Å². The first-order valence-corrected chi connectivity index (χ1v) is 10.7. The molecule has 1 saturated heterocycles. The molecule has 1 fully saturated rings. The fourth-order valence-electron chi connectivity index (χ4n) is 4.02. The van der Waals surface area contributed by atoms with Crippen molar-refractivity contribution in [3.63, 3.8) is 0 Å². The normalized spacial score (nSPS) is 17.2. The van der Waals surface area contributed by atoms with Crippen molar-refractivity contribution >= 4 is 5.91 Å². The summed E-state index contributed by atoms with van der Waals surface area (Å²) >= 11 is 0. The number of hydrogen-bond acceptors (Lipinski definition) is 6. The van der Waals surface area contributed by atoms with Gasteiger partial charge in [0.1, 0.15) is 0 Å². The first kappa shape index (κ1) is 22.1. The lowest BCUT2D eigenvalue weighted by Gasteiger charge is -2.36. The molecule has 0 unspecified atom stereocenters. The van der Waals surface area contributed by atoms with Crippen LogP contribution < -0.4 is 14.8 Å². The van der Waals surface area contributed by atoms with Crippen LogP contribution in [0.4, 0.5) is 0 Å². The lowest BCUT2D eigenvalue weighted by Crippen LogP contribution is -2.39. The number of aromatic nitrogens is 3. The molecule has 0 bridgehead atoms. The van der Waals surface area contributed by atoms with E-state index in [0.717, 1.165) is 49.5 Å². The number of likely N-dealkylation sites (tertiary alicyclic amines) is 1. The van der Waals surface area contributed by atoms with Crippen molar-refractivity contribution in [3.05, 3.63) is 35.7 Å². The fourth-order valence-corrected chi connectivity index (χ4v) is 4.02. The van der Waals surface area contributed by atoms with Crippen molar-refractivity contribution < 1.29 is 14.3 Å². The van der Waals surface area contributed by atoms with Gasteiger partial charge >= 0.3 is 0 Å². The van der Waals surface area contributed by atoms with Gasteiger partial charge in [-0.25, -0.2) is 0 Å². The minimum absolute atomic E-state index is 0.0760. The molecule has 3 rings (SSSR count). The van der Waals surface area contributed by atoms with Gasteiger partial charge in [0.25, 0.3) is 5.91 Å². The van der Waals surface area contributed by atoms with Gasteiger partial charge in [-0.3, -0.25) is 14.4 Å². The molecule has 1 aromatic carbocycles. The number of amides is 1. The van der Waals surface area contributed by atoms with Crippen molar-refractivity contribution in [1.29, 1.82) is 0 Å². The van der Waals surface area contributed by atoms with E-state index in [0.29, 0.717) is 11.7 Å². The summed E-state index contributed by atoms with van der Waals surface area (Å²) in [7, 11) is 3.35. The average molecular weight is 416 g/mol. The second-order valence-corrected chi connectivity index (χ2v) is 8.06. The van der Waals surface area contributed by atoms with Gasteiger partial charge in [0.15, 0.2) is 17.2 Å². The maximum Gasteiger partial charge on any atom is 0.273 e. The van der Waals surface area contributed by atoms with Gasteiger partial charge in [-0.1, -0.05) is 23.8 Å². The summed E-state index contributed by atoms with van der Waals surface area (Å²) in [5, 5.41) is 11.0. The van der Waals surface area contributed by atoms with E-state index in [1.807, 2.05) is 26.0 Å². The highest BCUT2D eigenvalue weighted by molar-refractivity contribution is 5.91. The van der Waals surface area contributed by atoms with Gasteiger partial charge in [-0.2, -0.15) is 0 Å². The number of aryl methyl sites for hydroxylation is 1. The molecule has 2 aromatic rings. The molecular weight excluding hydrogens is 382 g/mol. The highest BCUT2D eigenvalue weighted by Gasteiger charge is 2.24.